The van der Waals surface area contributed by atoms with Crippen LogP contribution in [0, 0.1) is 17.8 Å². The molecule has 1 spiro atoms. The first-order valence-corrected chi connectivity index (χ1v) is 19.9. The lowest BCUT2D eigenvalue weighted by atomic mass is 9.49. The number of benzene rings is 6. The molecule has 264 valence electrons. The number of rotatable bonds is 3. The molecular weight excluding hydrogens is 675 g/mol. The highest BCUT2D eigenvalue weighted by atomic mass is 16.5. The molecule has 0 atom stereocenters. The van der Waals surface area contributed by atoms with E-state index in [2.05, 4.69) is 121 Å². The van der Waals surface area contributed by atoms with Gasteiger partial charge in [0.05, 0.1) is 5.41 Å². The molecule has 2 aromatic heterocycles. The molecule has 14 rings (SSSR count). The molecule has 0 unspecified atom stereocenters. The first-order chi connectivity index (χ1) is 27.1. The van der Waals surface area contributed by atoms with Crippen LogP contribution in [0.25, 0.3) is 55.8 Å². The smallest absolute Gasteiger partial charge is 0.163 e. The van der Waals surface area contributed by atoms with Gasteiger partial charge in [0.1, 0.15) is 28.5 Å². The molecule has 6 aromatic carbocycles. The van der Waals surface area contributed by atoms with Crippen molar-refractivity contribution >= 4 is 21.9 Å². The second-order valence-electron chi connectivity index (χ2n) is 17.0. The van der Waals surface area contributed by atoms with Crippen molar-refractivity contribution in [1.29, 1.82) is 0 Å². The van der Waals surface area contributed by atoms with E-state index < -0.39 is 5.41 Å². The van der Waals surface area contributed by atoms with Crippen molar-refractivity contribution < 1.29 is 9.15 Å². The lowest BCUT2D eigenvalue weighted by Crippen LogP contribution is -2.49. The van der Waals surface area contributed by atoms with E-state index in [0.29, 0.717) is 0 Å². The molecule has 5 nitrogen and oxygen atoms in total. The molecular formula is C50H37N3O2. The molecule has 0 N–H and O–H groups in total. The Morgan fingerprint density at radius 3 is 1.76 bits per heavy atom. The molecule has 4 bridgehead atoms. The summed E-state index contributed by atoms with van der Waals surface area (Å²) in [6, 6.07) is 47.6. The Hall–Kier alpha value is -6.07. The van der Waals surface area contributed by atoms with Gasteiger partial charge in [-0.05, 0) is 121 Å². The number of ether oxygens (including phenoxy) is 1. The zero-order valence-electron chi connectivity index (χ0n) is 30.3. The van der Waals surface area contributed by atoms with Gasteiger partial charge in [-0.15, -0.1) is 0 Å². The van der Waals surface area contributed by atoms with E-state index in [1.54, 1.807) is 0 Å². The Bertz CT molecular complexity index is 2840. The fourth-order valence-corrected chi connectivity index (χ4v) is 12.1. The number of fused-ring (bicyclic) bond motifs is 12. The lowest BCUT2D eigenvalue weighted by Gasteiger charge is -2.56. The highest BCUT2D eigenvalue weighted by Gasteiger charge is 2.54. The van der Waals surface area contributed by atoms with Gasteiger partial charge < -0.3 is 9.15 Å². The van der Waals surface area contributed by atoms with Crippen LogP contribution in [0.15, 0.2) is 138 Å². The maximum absolute atomic E-state index is 6.62. The fraction of sp³-hybridized carbons (Fsp3) is 0.220. The maximum atomic E-state index is 6.62. The van der Waals surface area contributed by atoms with Gasteiger partial charge in [0.15, 0.2) is 11.6 Å². The van der Waals surface area contributed by atoms with Gasteiger partial charge >= 0.3 is 0 Å². The lowest BCUT2D eigenvalue weighted by molar-refractivity contribution is -0.00938. The molecule has 1 aliphatic heterocycles. The summed E-state index contributed by atoms with van der Waals surface area (Å²) in [5.74, 6) is 6.58. The van der Waals surface area contributed by atoms with Crippen LogP contribution in [0.5, 0.6) is 11.5 Å². The number of para-hydroxylation sites is 3. The molecule has 5 heteroatoms. The first-order valence-electron chi connectivity index (χ1n) is 19.9. The minimum absolute atomic E-state index is 0.000401. The molecule has 3 heterocycles. The van der Waals surface area contributed by atoms with Crippen LogP contribution in [0.1, 0.15) is 66.6 Å². The number of furan rings is 1. The van der Waals surface area contributed by atoms with E-state index in [1.165, 1.54) is 60.8 Å². The van der Waals surface area contributed by atoms with Gasteiger partial charge in [-0.25, -0.2) is 15.0 Å². The normalized spacial score (nSPS) is 23.4. The molecule has 8 aromatic rings. The predicted molar refractivity (Wildman–Crippen MR) is 215 cm³/mol. The number of nitrogens with zero attached hydrogens (tertiary/aromatic N) is 3. The topological polar surface area (TPSA) is 61.0 Å². The van der Waals surface area contributed by atoms with Crippen molar-refractivity contribution in [3.8, 4) is 45.4 Å². The molecule has 55 heavy (non-hydrogen) atoms. The quantitative estimate of drug-likeness (QED) is 0.183. The molecule has 4 fully saturated rings. The van der Waals surface area contributed by atoms with Crippen molar-refractivity contribution in [3.63, 3.8) is 0 Å². The van der Waals surface area contributed by atoms with E-state index >= 15 is 0 Å². The molecule has 6 aliphatic rings. The van der Waals surface area contributed by atoms with Crippen molar-refractivity contribution in [2.75, 3.05) is 0 Å². The summed E-state index contributed by atoms with van der Waals surface area (Å²) in [6.45, 7) is 0. The Morgan fingerprint density at radius 1 is 0.473 bits per heavy atom. The minimum atomic E-state index is -0.556. The summed E-state index contributed by atoms with van der Waals surface area (Å²) in [4.78, 5) is 16.4. The minimum Gasteiger partial charge on any atom is -0.457 e. The van der Waals surface area contributed by atoms with Crippen LogP contribution in [-0.2, 0) is 10.8 Å². The van der Waals surface area contributed by atoms with Gasteiger partial charge in [0.25, 0.3) is 0 Å². The monoisotopic (exact) mass is 711 g/mol. The summed E-state index contributed by atoms with van der Waals surface area (Å²) in [5.41, 5.74) is 10.5. The van der Waals surface area contributed by atoms with Crippen molar-refractivity contribution in [2.24, 2.45) is 17.8 Å². The van der Waals surface area contributed by atoms with E-state index in [0.717, 1.165) is 90.9 Å². The number of hydrogen-bond donors (Lipinski definition) is 0. The third-order valence-corrected chi connectivity index (χ3v) is 13.9. The zero-order valence-corrected chi connectivity index (χ0v) is 30.3. The molecule has 4 saturated carbocycles. The van der Waals surface area contributed by atoms with Gasteiger partial charge in [-0.2, -0.15) is 0 Å². The van der Waals surface area contributed by atoms with Gasteiger partial charge in [0.2, 0.25) is 0 Å². The Morgan fingerprint density at radius 2 is 1.04 bits per heavy atom. The SMILES string of the molecule is c1ccc2c(c1)Oc1ccccc1C21c2ccccc2-c2ccc(-c3nc(-c4ccc5oc6ccccc6c5c4)nc(C45CC6CC(CC(C6)C4)C5)n3)cc21. The highest BCUT2D eigenvalue weighted by Crippen LogP contribution is 2.63. The van der Waals surface area contributed by atoms with E-state index in [4.69, 9.17) is 24.1 Å². The maximum Gasteiger partial charge on any atom is 0.163 e. The Kier molecular flexibility index (Phi) is 5.94. The van der Waals surface area contributed by atoms with Crippen LogP contribution in [0.2, 0.25) is 0 Å². The van der Waals surface area contributed by atoms with Crippen LogP contribution in [-0.4, -0.2) is 15.0 Å². The average Bonchev–Trinajstić information content (AvgIpc) is 3.74. The summed E-state index contributed by atoms with van der Waals surface area (Å²) in [6.07, 6.45) is 7.66. The first kappa shape index (κ1) is 30.3. The summed E-state index contributed by atoms with van der Waals surface area (Å²) in [5, 5.41) is 2.19. The second kappa shape index (κ2) is 10.8. The molecule has 5 aliphatic carbocycles. The molecule has 0 amide bonds. The van der Waals surface area contributed by atoms with E-state index in [9.17, 15) is 0 Å². The van der Waals surface area contributed by atoms with Gasteiger partial charge in [-0.3, -0.25) is 0 Å². The second-order valence-corrected chi connectivity index (χ2v) is 17.0. The Balaban J connectivity index is 1.05. The van der Waals surface area contributed by atoms with E-state index in [1.807, 2.05) is 12.1 Å². The van der Waals surface area contributed by atoms with Gasteiger partial charge in [-0.1, -0.05) is 91.0 Å². The summed E-state index contributed by atoms with van der Waals surface area (Å²) in [7, 11) is 0. The predicted octanol–water partition coefficient (Wildman–Crippen LogP) is 12.0. The van der Waals surface area contributed by atoms with Crippen LogP contribution in [0.3, 0.4) is 0 Å². The third kappa shape index (κ3) is 4.11. The average molecular weight is 712 g/mol. The standard InChI is InChI=1S/C50H37N3O2/c1-3-11-38-34(9-1)35-19-17-33(25-41(35)50(38)39-12-4-7-15-44(39)55-45-16-8-5-13-40(45)50)47-51-46(32-18-20-43-37(24-32)36-10-2-6-14-42(36)54-43)52-48(53-47)49-26-29-21-30(27-49)23-31(22-29)28-49/h1-20,24-25,29-31H,21-23,26-28H2. The highest BCUT2D eigenvalue weighted by molar-refractivity contribution is 6.06. The van der Waals surface area contributed by atoms with Crippen LogP contribution >= 0.6 is 0 Å². The number of hydrogen-bond acceptors (Lipinski definition) is 5. The zero-order chi connectivity index (χ0) is 35.9. The largest absolute Gasteiger partial charge is 0.457 e. The van der Waals surface area contributed by atoms with Crippen LogP contribution in [0.4, 0.5) is 0 Å². The van der Waals surface area contributed by atoms with Gasteiger partial charge in [0, 0.05) is 38.4 Å². The Labute approximate surface area is 319 Å². The van der Waals surface area contributed by atoms with Crippen molar-refractivity contribution in [1.82, 2.24) is 15.0 Å². The number of aromatic nitrogens is 3. The van der Waals surface area contributed by atoms with E-state index in [-0.39, 0.29) is 5.41 Å². The van der Waals surface area contributed by atoms with Crippen molar-refractivity contribution in [2.45, 2.75) is 49.4 Å². The summed E-state index contributed by atoms with van der Waals surface area (Å²) < 4.78 is 12.9. The van der Waals surface area contributed by atoms with Crippen LogP contribution < -0.4 is 4.74 Å². The molecule has 0 radical (unpaired) electrons. The third-order valence-electron chi connectivity index (χ3n) is 13.9. The van der Waals surface area contributed by atoms with Crippen molar-refractivity contribution in [3.05, 3.63) is 162 Å². The molecule has 0 saturated heterocycles. The summed E-state index contributed by atoms with van der Waals surface area (Å²) >= 11 is 0. The fourth-order valence-electron chi connectivity index (χ4n) is 12.1.